The molecule has 1 fully saturated rings. The summed E-state index contributed by atoms with van der Waals surface area (Å²) >= 11 is 3.58. The van der Waals surface area contributed by atoms with Gasteiger partial charge in [0, 0.05) is 5.56 Å². The highest BCUT2D eigenvalue weighted by molar-refractivity contribution is 9.10. The molecule has 20 heavy (non-hydrogen) atoms. The molecular formula is C16H20BrNO2. The van der Waals surface area contributed by atoms with Crippen LogP contribution in [0.1, 0.15) is 56.6 Å². The van der Waals surface area contributed by atoms with Gasteiger partial charge in [-0.2, -0.15) is 4.99 Å². The summed E-state index contributed by atoms with van der Waals surface area (Å²) in [6.45, 7) is 4.31. The van der Waals surface area contributed by atoms with Gasteiger partial charge in [-0.3, -0.25) is 0 Å². The molecule has 0 bridgehead atoms. The standard InChI is InChI=1S/C16H20BrNO2/c1-11(2)12-8-13(15(20-3)14(17)9-12)16(18-10-19)6-4-5-7-16/h8-9,11H,4-7H2,1-3H3. The Morgan fingerprint density at radius 2 is 2.00 bits per heavy atom. The van der Waals surface area contributed by atoms with Gasteiger partial charge >= 0.3 is 0 Å². The normalized spacial score (nSPS) is 17.1. The minimum Gasteiger partial charge on any atom is -0.495 e. The van der Waals surface area contributed by atoms with Gasteiger partial charge in [-0.25, -0.2) is 4.79 Å². The van der Waals surface area contributed by atoms with E-state index in [1.807, 2.05) is 0 Å². The number of benzene rings is 1. The van der Waals surface area contributed by atoms with E-state index in [2.05, 4.69) is 46.9 Å². The van der Waals surface area contributed by atoms with Crippen LogP contribution >= 0.6 is 15.9 Å². The molecule has 0 N–H and O–H groups in total. The number of hydrogen-bond acceptors (Lipinski definition) is 3. The van der Waals surface area contributed by atoms with Crippen molar-refractivity contribution in [2.45, 2.75) is 51.0 Å². The van der Waals surface area contributed by atoms with Gasteiger partial charge in [-0.15, -0.1) is 0 Å². The second kappa shape index (κ2) is 6.11. The van der Waals surface area contributed by atoms with Gasteiger partial charge in [0.05, 0.1) is 11.6 Å². The summed E-state index contributed by atoms with van der Waals surface area (Å²) in [5.41, 5.74) is 1.78. The lowest BCUT2D eigenvalue weighted by atomic mass is 9.85. The third-order valence-electron chi connectivity index (χ3n) is 4.13. The van der Waals surface area contributed by atoms with Crippen molar-refractivity contribution >= 4 is 22.0 Å². The van der Waals surface area contributed by atoms with E-state index < -0.39 is 5.54 Å². The maximum atomic E-state index is 10.9. The van der Waals surface area contributed by atoms with Crippen molar-refractivity contribution in [3.8, 4) is 5.75 Å². The van der Waals surface area contributed by atoms with Crippen LogP contribution in [0, 0.1) is 0 Å². The van der Waals surface area contributed by atoms with E-state index in [0.717, 1.165) is 41.5 Å². The molecule has 0 heterocycles. The fourth-order valence-electron chi connectivity index (χ4n) is 2.99. The van der Waals surface area contributed by atoms with E-state index in [4.69, 9.17) is 4.74 Å². The molecule has 4 heteroatoms. The Hall–Kier alpha value is -1.12. The highest BCUT2D eigenvalue weighted by Crippen LogP contribution is 2.48. The predicted octanol–water partition coefficient (Wildman–Crippen LogP) is 4.69. The highest BCUT2D eigenvalue weighted by Gasteiger charge is 2.39. The number of ether oxygens (including phenoxy) is 1. The minimum atomic E-state index is -0.458. The lowest BCUT2D eigenvalue weighted by Gasteiger charge is -2.27. The Balaban J connectivity index is 2.66. The first-order valence-corrected chi connectivity index (χ1v) is 7.80. The minimum absolute atomic E-state index is 0.412. The molecule has 1 aromatic carbocycles. The summed E-state index contributed by atoms with van der Waals surface area (Å²) in [6.07, 6.45) is 5.70. The smallest absolute Gasteiger partial charge is 0.235 e. The van der Waals surface area contributed by atoms with Crippen LogP contribution in [0.3, 0.4) is 0 Å². The lowest BCUT2D eigenvalue weighted by molar-refractivity contribution is 0.376. The van der Waals surface area contributed by atoms with Crippen molar-refractivity contribution in [2.75, 3.05) is 7.11 Å². The summed E-state index contributed by atoms with van der Waals surface area (Å²) < 4.78 is 6.48. The van der Waals surface area contributed by atoms with Crippen molar-refractivity contribution in [1.82, 2.24) is 0 Å². The van der Waals surface area contributed by atoms with Gasteiger partial charge in [-0.05, 0) is 52.4 Å². The van der Waals surface area contributed by atoms with Crippen molar-refractivity contribution in [2.24, 2.45) is 4.99 Å². The predicted molar refractivity (Wildman–Crippen MR) is 83.1 cm³/mol. The average Bonchev–Trinajstić information content (AvgIpc) is 2.87. The number of carbonyl (C=O) groups excluding carboxylic acids is 1. The molecule has 0 aliphatic heterocycles. The second-order valence-corrected chi connectivity index (χ2v) is 6.53. The number of isocyanates is 1. The Kier molecular flexibility index (Phi) is 4.66. The van der Waals surface area contributed by atoms with E-state index >= 15 is 0 Å². The third kappa shape index (κ3) is 2.68. The topological polar surface area (TPSA) is 38.7 Å². The van der Waals surface area contributed by atoms with Crippen molar-refractivity contribution in [1.29, 1.82) is 0 Å². The van der Waals surface area contributed by atoms with Gasteiger partial charge in [0.25, 0.3) is 0 Å². The first kappa shape index (κ1) is 15.3. The highest BCUT2D eigenvalue weighted by atomic mass is 79.9. The van der Waals surface area contributed by atoms with Crippen LogP contribution in [0.4, 0.5) is 0 Å². The van der Waals surface area contributed by atoms with Gasteiger partial charge in [-0.1, -0.05) is 26.7 Å². The summed E-state index contributed by atoms with van der Waals surface area (Å²) in [5.74, 6) is 1.20. The summed E-state index contributed by atoms with van der Waals surface area (Å²) in [4.78, 5) is 15.1. The number of nitrogens with zero attached hydrogens (tertiary/aromatic N) is 1. The van der Waals surface area contributed by atoms with Crippen molar-refractivity contribution in [3.05, 3.63) is 27.7 Å². The van der Waals surface area contributed by atoms with Crippen LogP contribution in [0.5, 0.6) is 5.75 Å². The fraction of sp³-hybridized carbons (Fsp3) is 0.562. The van der Waals surface area contributed by atoms with Crippen LogP contribution in [-0.2, 0) is 10.3 Å². The van der Waals surface area contributed by atoms with Crippen LogP contribution < -0.4 is 4.74 Å². The van der Waals surface area contributed by atoms with E-state index in [9.17, 15) is 4.79 Å². The molecule has 1 saturated carbocycles. The molecule has 0 aromatic heterocycles. The zero-order valence-electron chi connectivity index (χ0n) is 12.2. The number of rotatable bonds is 4. The van der Waals surface area contributed by atoms with Crippen LogP contribution in [0.15, 0.2) is 21.6 Å². The second-order valence-electron chi connectivity index (χ2n) is 5.68. The maximum absolute atomic E-state index is 10.9. The maximum Gasteiger partial charge on any atom is 0.235 e. The Labute approximate surface area is 128 Å². The molecule has 3 nitrogen and oxygen atoms in total. The van der Waals surface area contributed by atoms with Crippen molar-refractivity contribution in [3.63, 3.8) is 0 Å². The number of aliphatic imine (C=N–C) groups is 1. The van der Waals surface area contributed by atoms with Gasteiger partial charge in [0.1, 0.15) is 11.3 Å². The van der Waals surface area contributed by atoms with E-state index in [1.165, 1.54) is 5.56 Å². The zero-order valence-corrected chi connectivity index (χ0v) is 13.8. The van der Waals surface area contributed by atoms with Crippen molar-refractivity contribution < 1.29 is 9.53 Å². The number of hydrogen-bond donors (Lipinski definition) is 0. The third-order valence-corrected chi connectivity index (χ3v) is 4.72. The zero-order chi connectivity index (χ0) is 14.8. The van der Waals surface area contributed by atoms with E-state index in [0.29, 0.717) is 5.92 Å². The fourth-order valence-corrected chi connectivity index (χ4v) is 3.63. The summed E-state index contributed by atoms with van der Waals surface area (Å²) in [7, 11) is 1.66. The number of halogens is 1. The molecule has 0 atom stereocenters. The number of methoxy groups -OCH3 is 1. The summed E-state index contributed by atoms with van der Waals surface area (Å²) in [5, 5.41) is 0. The monoisotopic (exact) mass is 337 g/mol. The van der Waals surface area contributed by atoms with Gasteiger partial charge in [0.2, 0.25) is 6.08 Å². The molecule has 1 aromatic rings. The van der Waals surface area contributed by atoms with E-state index in [1.54, 1.807) is 13.2 Å². The van der Waals surface area contributed by atoms with Crippen LogP contribution in [0.2, 0.25) is 0 Å². The molecule has 1 aliphatic carbocycles. The average molecular weight is 338 g/mol. The van der Waals surface area contributed by atoms with Gasteiger partial charge < -0.3 is 4.74 Å². The van der Waals surface area contributed by atoms with Crippen LogP contribution in [-0.4, -0.2) is 13.2 Å². The first-order chi connectivity index (χ1) is 9.54. The Morgan fingerprint density at radius 3 is 2.50 bits per heavy atom. The van der Waals surface area contributed by atoms with Crippen LogP contribution in [0.25, 0.3) is 0 Å². The largest absolute Gasteiger partial charge is 0.495 e. The molecular weight excluding hydrogens is 318 g/mol. The first-order valence-electron chi connectivity index (χ1n) is 7.01. The molecule has 1 aliphatic rings. The van der Waals surface area contributed by atoms with E-state index in [-0.39, 0.29) is 0 Å². The molecule has 0 saturated heterocycles. The molecule has 0 spiro atoms. The summed E-state index contributed by atoms with van der Waals surface area (Å²) in [6, 6.07) is 4.22. The molecule has 0 unspecified atom stereocenters. The lowest BCUT2D eigenvalue weighted by Crippen LogP contribution is -2.20. The molecule has 2 rings (SSSR count). The molecule has 108 valence electrons. The molecule has 0 radical (unpaired) electrons. The Bertz CT molecular complexity index is 542. The SMILES string of the molecule is COc1c(Br)cc(C(C)C)cc1C1(N=C=O)CCCC1. The quantitative estimate of drug-likeness (QED) is 0.590. The molecule has 0 amide bonds. The van der Waals surface area contributed by atoms with Gasteiger partial charge in [0.15, 0.2) is 0 Å². The Morgan fingerprint density at radius 1 is 1.35 bits per heavy atom.